The highest BCUT2D eigenvalue weighted by Gasteiger charge is 2.64. The van der Waals surface area contributed by atoms with Gasteiger partial charge in [-0.1, -0.05) is 94.5 Å². The molecule has 2 fully saturated rings. The molecule has 3 heterocycles. The van der Waals surface area contributed by atoms with Gasteiger partial charge in [0.25, 0.3) is 0 Å². The normalized spacial score (nSPS) is 24.1. The number of hydrogen-bond donors (Lipinski definition) is 9. The van der Waals surface area contributed by atoms with Gasteiger partial charge in [0.2, 0.25) is 29.5 Å². The minimum Gasteiger partial charge on any atom is -0.495 e. The molecule has 84 heavy (non-hydrogen) atoms. The van der Waals surface area contributed by atoms with Crippen molar-refractivity contribution >= 4 is 108 Å². The minimum atomic E-state index is -1.91. The number of urea groups is 1. The maximum absolute atomic E-state index is 14.5. The Morgan fingerprint density at radius 2 is 1.63 bits per heavy atom. The van der Waals surface area contributed by atoms with Gasteiger partial charge in [-0.05, 0) is 81.7 Å². The summed E-state index contributed by atoms with van der Waals surface area (Å²) < 4.78 is 35.1. The molecular weight excluding hydrogens is 1250 g/mol. The molecule has 24 nitrogen and oxygen atoms in total. The minimum absolute atomic E-state index is 0.0472. The number of hydrogen-bond acceptors (Lipinski definition) is 15. The molecule has 2 aromatic carbocycles. The molecule has 27 heteroatoms. The molecule has 0 spiro atoms. The summed E-state index contributed by atoms with van der Waals surface area (Å²) in [4.78, 5) is 108. The molecule has 9 atom stereocenters. The number of carbonyl (C=O) groups is 8. The lowest BCUT2D eigenvalue weighted by molar-refractivity contribution is -0.142. The van der Waals surface area contributed by atoms with Gasteiger partial charge in [-0.3, -0.25) is 34.6 Å². The number of alkyl halides is 2. The van der Waals surface area contributed by atoms with Crippen LogP contribution in [-0.4, -0.2) is 153 Å². The maximum Gasteiger partial charge on any atom is 0.412 e. The number of nitrogens with one attached hydrogen (secondary N) is 7. The molecule has 10 N–H and O–H groups in total. The summed E-state index contributed by atoms with van der Waals surface area (Å²) in [6.07, 6.45) is 1.31. The number of methoxy groups -OCH3 is 3. The van der Waals surface area contributed by atoms with Crippen LogP contribution in [0.5, 0.6) is 11.5 Å². The second-order valence-corrected chi connectivity index (χ2v) is 23.3. The number of nitrogens with zero attached hydrogens (tertiary/aromatic N) is 1. The van der Waals surface area contributed by atoms with Crippen molar-refractivity contribution in [2.75, 3.05) is 67.7 Å². The van der Waals surface area contributed by atoms with Crippen molar-refractivity contribution in [3.05, 3.63) is 64.7 Å². The number of anilines is 3. The van der Waals surface area contributed by atoms with Gasteiger partial charge in [-0.15, -0.1) is 0 Å². The van der Waals surface area contributed by atoms with E-state index in [1.807, 2.05) is 13.0 Å². The van der Waals surface area contributed by atoms with Gasteiger partial charge in [0, 0.05) is 68.4 Å². The Bertz CT molecular complexity index is 2750. The van der Waals surface area contributed by atoms with Gasteiger partial charge in [0.15, 0.2) is 5.72 Å². The van der Waals surface area contributed by atoms with E-state index in [1.54, 1.807) is 52.0 Å². The van der Waals surface area contributed by atoms with Crippen molar-refractivity contribution < 1.29 is 71.9 Å². The summed E-state index contributed by atoms with van der Waals surface area (Å²) in [6.45, 7) is 9.37. The summed E-state index contributed by atoms with van der Waals surface area (Å²) in [7, 11) is 5.72. The highest BCUT2D eigenvalue weighted by atomic mass is 79.9. The van der Waals surface area contributed by atoms with Crippen LogP contribution in [0, 0.1) is 17.8 Å². The zero-order chi connectivity index (χ0) is 62.1. The standard InChI is InChI=1S/C57H80Br2ClN9O15/c1-31(2)48(67-45(70)18-11-10-12-21-62-50(72)35(29-58)30-59)52(74)65-38(16-14-22-63-53(61)75)51(73)64-36-19-20-37(40(26-36)79-7)66-54(76)83-44-27-46(71)69(6)39-24-34(25-41(80-8)47(39)60)23-32(3)15-13-17-43(81-9)57(78)28-42(82-55(77)68-57)33(4)49-56(44,5)84-49/h13,15,17,19-20,24-26,31,33,35,38,42-44,48-49,78H,10-12,14,16,18,21-23,27-30H2,1-9H3,(H,62,72)(H,64,73)(H,65,74)(H,66,76)(H,67,70)(H,68,77)(H3,61,63,75)/b17-13+,32-15+/t33-,38+,42+,43-,44+,48+,49+,56+,57+/m1/s1. The summed E-state index contributed by atoms with van der Waals surface area (Å²) in [5, 5.41) is 32.0. The molecule has 4 bridgehead atoms. The number of ether oxygens (including phenoxy) is 6. The van der Waals surface area contributed by atoms with Crippen molar-refractivity contribution in [1.82, 2.24) is 26.6 Å². The number of unbranched alkanes of at least 4 members (excludes halogenated alkanes) is 2. The Labute approximate surface area is 511 Å². The molecule has 0 aliphatic carbocycles. The van der Waals surface area contributed by atoms with Crippen LogP contribution >= 0.6 is 43.5 Å². The van der Waals surface area contributed by atoms with Gasteiger partial charge in [-0.25, -0.2) is 14.4 Å². The quantitative estimate of drug-likeness (QED) is 0.0309. The number of allylic oxidation sites excluding steroid dienone is 3. The second-order valence-electron chi connectivity index (χ2n) is 21.6. The zero-order valence-electron chi connectivity index (χ0n) is 48.8. The van der Waals surface area contributed by atoms with Crippen molar-refractivity contribution in [3.8, 4) is 11.5 Å². The topological polar surface area (TPSA) is 329 Å². The first-order valence-electron chi connectivity index (χ1n) is 27.7. The van der Waals surface area contributed by atoms with E-state index in [4.69, 9.17) is 45.8 Å². The van der Waals surface area contributed by atoms with Gasteiger partial charge in [-0.2, -0.15) is 0 Å². The number of rotatable bonds is 24. The Morgan fingerprint density at radius 3 is 2.29 bits per heavy atom. The lowest BCUT2D eigenvalue weighted by atomic mass is 9.83. The third kappa shape index (κ3) is 18.9. The van der Waals surface area contributed by atoms with Crippen molar-refractivity contribution in [2.24, 2.45) is 23.5 Å². The van der Waals surface area contributed by atoms with E-state index >= 15 is 0 Å². The van der Waals surface area contributed by atoms with E-state index < -0.39 is 96.1 Å². The number of halogens is 3. The monoisotopic (exact) mass is 1320 g/mol. The smallest absolute Gasteiger partial charge is 0.412 e. The second kappa shape index (κ2) is 31.8. The van der Waals surface area contributed by atoms with Crippen LogP contribution in [0.2, 0.25) is 5.02 Å². The maximum atomic E-state index is 14.5. The number of nitrogens with two attached hydrogens (primary N) is 1. The molecule has 0 unspecified atom stereocenters. The number of benzene rings is 2. The molecule has 2 aromatic rings. The molecule has 0 radical (unpaired) electrons. The molecule has 464 valence electrons. The van der Waals surface area contributed by atoms with E-state index in [0.29, 0.717) is 54.3 Å². The van der Waals surface area contributed by atoms with Gasteiger partial charge in [0.05, 0.1) is 44.0 Å². The lowest BCUT2D eigenvalue weighted by Gasteiger charge is -2.42. The average Bonchev–Trinajstić information content (AvgIpc) is 4.34. The summed E-state index contributed by atoms with van der Waals surface area (Å²) in [6, 6.07) is 4.88. The van der Waals surface area contributed by atoms with Crippen LogP contribution < -0.4 is 57.3 Å². The highest BCUT2D eigenvalue weighted by molar-refractivity contribution is 9.09. The Kier molecular flexibility index (Phi) is 26.0. The lowest BCUT2D eigenvalue weighted by Crippen LogP contribution is -2.63. The molecule has 3 aliphatic rings. The Balaban J connectivity index is 1.33. The molecular formula is C57H80Br2ClN9O15. The number of alkyl carbamates (subject to hydrolysis) is 1. The molecule has 5 rings (SSSR count). The van der Waals surface area contributed by atoms with Crippen LogP contribution in [0.3, 0.4) is 0 Å². The van der Waals surface area contributed by atoms with Crippen molar-refractivity contribution in [3.63, 3.8) is 0 Å². The van der Waals surface area contributed by atoms with Crippen molar-refractivity contribution in [2.45, 2.75) is 140 Å². The van der Waals surface area contributed by atoms with Crippen LogP contribution in [-0.2, 0) is 49.3 Å². The highest BCUT2D eigenvalue weighted by Crippen LogP contribution is 2.49. The fraction of sp³-hybridized carbons (Fsp3) is 0.579. The van der Waals surface area contributed by atoms with Gasteiger partial charge >= 0.3 is 18.2 Å². The molecule has 9 amide bonds. The Hall–Kier alpha value is -6.19. The van der Waals surface area contributed by atoms with E-state index in [-0.39, 0.29) is 78.0 Å². The summed E-state index contributed by atoms with van der Waals surface area (Å²) >= 11 is 13.5. The van der Waals surface area contributed by atoms with E-state index in [9.17, 15) is 43.5 Å². The summed E-state index contributed by atoms with van der Waals surface area (Å²) in [5.41, 5.74) is 4.23. The third-order valence-corrected chi connectivity index (χ3v) is 16.8. The van der Waals surface area contributed by atoms with Gasteiger partial charge in [0.1, 0.15) is 52.5 Å². The fourth-order valence-corrected chi connectivity index (χ4v) is 11.9. The number of fused-ring (bicyclic) bond motifs is 5. The Morgan fingerprint density at radius 1 is 0.929 bits per heavy atom. The molecule has 3 aliphatic heterocycles. The first-order valence-corrected chi connectivity index (χ1v) is 30.3. The number of primary amides is 1. The molecule has 0 aromatic heterocycles. The zero-order valence-corrected chi connectivity index (χ0v) is 52.8. The molecule has 0 saturated carbocycles. The first kappa shape index (κ1) is 68.6. The van der Waals surface area contributed by atoms with E-state index in [2.05, 4.69) is 69.1 Å². The fourth-order valence-electron chi connectivity index (χ4n) is 9.93. The largest absolute Gasteiger partial charge is 0.495 e. The summed E-state index contributed by atoms with van der Waals surface area (Å²) in [5.74, 6) is -3.04. The van der Waals surface area contributed by atoms with Crippen LogP contribution in [0.1, 0.15) is 91.5 Å². The number of epoxide rings is 1. The van der Waals surface area contributed by atoms with Gasteiger partial charge < -0.3 is 70.7 Å². The van der Waals surface area contributed by atoms with E-state index in [0.717, 1.165) is 11.1 Å². The van der Waals surface area contributed by atoms with Crippen LogP contribution in [0.25, 0.3) is 0 Å². The number of carbonyl (C=O) groups excluding carboxylic acids is 8. The van der Waals surface area contributed by atoms with E-state index in [1.165, 1.54) is 51.5 Å². The predicted molar refractivity (Wildman–Crippen MR) is 322 cm³/mol. The SMILES string of the molecule is COc1cc(NC(=O)[C@H](CCCNC(N)=O)NC(=O)[C@@H](NC(=O)CCCCCNC(=O)C(CBr)CBr)C(C)C)ccc1NC(=O)O[C@H]1CC(=O)N(C)c2cc(cc(OC)c2Cl)C/C(C)=C/C=C/[C@@H](OC)[C@@]2(O)C[C@H](OC(=O)N2)[C@@H](C)[C@@H]2O[C@@]12C. The first-order chi connectivity index (χ1) is 39.8. The number of aliphatic hydroxyl groups is 1. The van der Waals surface area contributed by atoms with Crippen LogP contribution in [0.15, 0.2) is 54.1 Å². The third-order valence-electron chi connectivity index (χ3n) is 14.9. The average molecular weight is 1330 g/mol. The van der Waals surface area contributed by atoms with Crippen LogP contribution in [0.4, 0.5) is 31.4 Å². The predicted octanol–water partition coefficient (Wildman–Crippen LogP) is 6.48. The van der Waals surface area contributed by atoms with Crippen molar-refractivity contribution in [1.29, 1.82) is 0 Å². The molecule has 2 saturated heterocycles. The number of amides is 9.